The number of nitrogens with two attached hydrogens (primary N) is 1. The van der Waals surface area contributed by atoms with Crippen molar-refractivity contribution in [3.8, 4) is 5.75 Å². The number of fused-ring (bicyclic) bond motifs is 1. The first-order valence-electron chi connectivity index (χ1n) is 8.82. The van der Waals surface area contributed by atoms with Gasteiger partial charge in [0.15, 0.2) is 0 Å². The Labute approximate surface area is 153 Å². The molecule has 2 N–H and O–H groups in total. The van der Waals surface area contributed by atoms with E-state index in [1.165, 1.54) is 4.57 Å². The van der Waals surface area contributed by atoms with Gasteiger partial charge in [-0.05, 0) is 49.6 Å². The van der Waals surface area contributed by atoms with Crippen LogP contribution in [0.25, 0.3) is 10.9 Å². The molecule has 0 radical (unpaired) electrons. The number of benzene rings is 2. The summed E-state index contributed by atoms with van der Waals surface area (Å²) in [5.74, 6) is 0.758. The number of carbonyl (C=O) groups excluding carboxylic acids is 1. The lowest BCUT2D eigenvalue weighted by molar-refractivity contribution is 0.155. The summed E-state index contributed by atoms with van der Waals surface area (Å²) in [6, 6.07) is 15.7. The molecule has 0 aliphatic carbocycles. The van der Waals surface area contributed by atoms with Gasteiger partial charge in [0, 0.05) is 17.6 Å². The molecule has 0 fully saturated rings. The minimum Gasteiger partial charge on any atom is -0.489 e. The second-order valence-electron chi connectivity index (χ2n) is 6.36. The first-order chi connectivity index (χ1) is 12.6. The Bertz CT molecular complexity index is 885. The highest BCUT2D eigenvalue weighted by molar-refractivity contribution is 5.92. The zero-order valence-electron chi connectivity index (χ0n) is 15.1. The maximum absolute atomic E-state index is 12.2. The van der Waals surface area contributed by atoms with E-state index in [4.69, 9.17) is 15.2 Å². The topological polar surface area (TPSA) is 66.5 Å². The van der Waals surface area contributed by atoms with Gasteiger partial charge in [-0.3, -0.25) is 4.57 Å². The van der Waals surface area contributed by atoms with Crippen molar-refractivity contribution in [2.75, 3.05) is 6.61 Å². The standard InChI is InChI=1S/C21H24N2O3/c1-3-25-21(24)23-13-17(11-15(2)22)19-12-18(9-10-20(19)23)26-14-16-7-5-4-6-8-16/h4-10,12-13,15H,3,11,14,22H2,1-2H3/t15-/m1/s1. The Morgan fingerprint density at radius 2 is 1.96 bits per heavy atom. The van der Waals surface area contributed by atoms with E-state index < -0.39 is 0 Å². The average Bonchev–Trinajstić information content (AvgIpc) is 2.98. The smallest absolute Gasteiger partial charge is 0.418 e. The van der Waals surface area contributed by atoms with Gasteiger partial charge in [0.05, 0.1) is 12.1 Å². The van der Waals surface area contributed by atoms with Crippen LogP contribution in [0, 0.1) is 0 Å². The summed E-state index contributed by atoms with van der Waals surface area (Å²) in [7, 11) is 0. The summed E-state index contributed by atoms with van der Waals surface area (Å²) in [6.07, 6.45) is 2.10. The fraction of sp³-hybridized carbons (Fsp3) is 0.286. The molecule has 0 amide bonds. The fourth-order valence-corrected chi connectivity index (χ4v) is 2.96. The van der Waals surface area contributed by atoms with Gasteiger partial charge in [0.25, 0.3) is 0 Å². The molecule has 5 heteroatoms. The number of hydrogen-bond donors (Lipinski definition) is 1. The summed E-state index contributed by atoms with van der Waals surface area (Å²) >= 11 is 0. The largest absolute Gasteiger partial charge is 0.489 e. The van der Waals surface area contributed by atoms with E-state index in [-0.39, 0.29) is 12.1 Å². The molecule has 26 heavy (non-hydrogen) atoms. The molecule has 0 spiro atoms. The lowest BCUT2D eigenvalue weighted by Gasteiger charge is -2.08. The summed E-state index contributed by atoms with van der Waals surface area (Å²) in [4.78, 5) is 12.2. The van der Waals surface area contributed by atoms with Crippen molar-refractivity contribution >= 4 is 17.0 Å². The molecule has 1 atom stereocenters. The molecule has 2 aromatic carbocycles. The van der Waals surface area contributed by atoms with Crippen molar-refractivity contribution in [2.45, 2.75) is 32.9 Å². The quantitative estimate of drug-likeness (QED) is 0.725. The summed E-state index contributed by atoms with van der Waals surface area (Å²) in [5, 5.41) is 0.959. The monoisotopic (exact) mass is 352 g/mol. The van der Waals surface area contributed by atoms with Crippen molar-refractivity contribution in [3.05, 3.63) is 65.9 Å². The van der Waals surface area contributed by atoms with Crippen LogP contribution in [0.2, 0.25) is 0 Å². The molecular weight excluding hydrogens is 328 g/mol. The number of carbonyl (C=O) groups is 1. The van der Waals surface area contributed by atoms with E-state index in [1.807, 2.05) is 61.7 Å². The Morgan fingerprint density at radius 1 is 1.19 bits per heavy atom. The molecule has 0 aliphatic rings. The second-order valence-corrected chi connectivity index (χ2v) is 6.36. The summed E-state index contributed by atoms with van der Waals surface area (Å²) in [6.45, 7) is 4.57. The van der Waals surface area contributed by atoms with Crippen molar-refractivity contribution in [1.82, 2.24) is 4.57 Å². The fourth-order valence-electron chi connectivity index (χ4n) is 2.96. The lowest BCUT2D eigenvalue weighted by Crippen LogP contribution is -2.17. The van der Waals surface area contributed by atoms with Crippen LogP contribution < -0.4 is 10.5 Å². The van der Waals surface area contributed by atoms with Gasteiger partial charge in [-0.15, -0.1) is 0 Å². The molecule has 0 aliphatic heterocycles. The molecular formula is C21H24N2O3. The third kappa shape index (κ3) is 4.06. The maximum Gasteiger partial charge on any atom is 0.418 e. The summed E-state index contributed by atoms with van der Waals surface area (Å²) in [5.41, 5.74) is 8.88. The van der Waals surface area contributed by atoms with E-state index in [2.05, 4.69) is 0 Å². The number of aromatic nitrogens is 1. The van der Waals surface area contributed by atoms with Crippen LogP contribution in [0.4, 0.5) is 4.79 Å². The van der Waals surface area contributed by atoms with Gasteiger partial charge in [-0.2, -0.15) is 0 Å². The molecule has 1 heterocycles. The van der Waals surface area contributed by atoms with Crippen molar-refractivity contribution in [1.29, 1.82) is 0 Å². The number of rotatable bonds is 6. The first kappa shape index (κ1) is 18.0. The van der Waals surface area contributed by atoms with Gasteiger partial charge in [-0.1, -0.05) is 30.3 Å². The van der Waals surface area contributed by atoms with E-state index in [0.717, 1.165) is 27.8 Å². The Morgan fingerprint density at radius 3 is 2.65 bits per heavy atom. The third-order valence-electron chi connectivity index (χ3n) is 4.11. The number of nitrogens with zero attached hydrogens (tertiary/aromatic N) is 1. The normalized spacial score (nSPS) is 12.1. The van der Waals surface area contributed by atoms with Crippen molar-refractivity contribution < 1.29 is 14.3 Å². The van der Waals surface area contributed by atoms with E-state index in [9.17, 15) is 4.79 Å². The second kappa shape index (κ2) is 8.06. The SMILES string of the molecule is CCOC(=O)n1cc(C[C@@H](C)N)c2cc(OCc3ccccc3)ccc21. The minimum atomic E-state index is -0.383. The molecule has 136 valence electrons. The van der Waals surface area contributed by atoms with Crippen LogP contribution in [-0.2, 0) is 17.8 Å². The van der Waals surface area contributed by atoms with Crippen LogP contribution in [0.5, 0.6) is 5.75 Å². The van der Waals surface area contributed by atoms with E-state index >= 15 is 0 Å². The highest BCUT2D eigenvalue weighted by Crippen LogP contribution is 2.27. The maximum atomic E-state index is 12.2. The molecule has 0 saturated heterocycles. The summed E-state index contributed by atoms with van der Waals surface area (Å²) < 4.78 is 12.6. The average molecular weight is 352 g/mol. The Kier molecular flexibility index (Phi) is 5.58. The molecule has 3 rings (SSSR count). The van der Waals surface area contributed by atoms with Crippen LogP contribution in [-0.4, -0.2) is 23.3 Å². The molecule has 3 aromatic rings. The molecule has 0 bridgehead atoms. The first-order valence-corrected chi connectivity index (χ1v) is 8.82. The van der Waals surface area contributed by atoms with Crippen LogP contribution >= 0.6 is 0 Å². The van der Waals surface area contributed by atoms with E-state index in [1.54, 1.807) is 6.92 Å². The van der Waals surface area contributed by atoms with Crippen molar-refractivity contribution in [3.63, 3.8) is 0 Å². The van der Waals surface area contributed by atoms with Gasteiger partial charge in [0.1, 0.15) is 12.4 Å². The zero-order valence-corrected chi connectivity index (χ0v) is 15.1. The van der Waals surface area contributed by atoms with Gasteiger partial charge >= 0.3 is 6.09 Å². The minimum absolute atomic E-state index is 0.00913. The third-order valence-corrected chi connectivity index (χ3v) is 4.11. The van der Waals surface area contributed by atoms with Crippen LogP contribution in [0.15, 0.2) is 54.7 Å². The predicted molar refractivity (Wildman–Crippen MR) is 102 cm³/mol. The van der Waals surface area contributed by atoms with Crippen molar-refractivity contribution in [2.24, 2.45) is 5.73 Å². The highest BCUT2D eigenvalue weighted by Gasteiger charge is 2.16. The number of ether oxygens (including phenoxy) is 2. The Hall–Kier alpha value is -2.79. The van der Waals surface area contributed by atoms with Crippen LogP contribution in [0.3, 0.4) is 0 Å². The molecule has 0 saturated carbocycles. The molecule has 5 nitrogen and oxygen atoms in total. The van der Waals surface area contributed by atoms with Crippen LogP contribution in [0.1, 0.15) is 25.0 Å². The molecule has 0 unspecified atom stereocenters. The van der Waals surface area contributed by atoms with E-state index in [0.29, 0.717) is 19.6 Å². The molecule has 1 aromatic heterocycles. The van der Waals surface area contributed by atoms with Gasteiger partial charge < -0.3 is 15.2 Å². The lowest BCUT2D eigenvalue weighted by atomic mass is 10.1. The predicted octanol–water partition coefficient (Wildman–Crippen LogP) is 4.11. The highest BCUT2D eigenvalue weighted by atomic mass is 16.5. The number of hydrogen-bond acceptors (Lipinski definition) is 4. The zero-order chi connectivity index (χ0) is 18.5. The van der Waals surface area contributed by atoms with Gasteiger partial charge in [0.2, 0.25) is 0 Å². The van der Waals surface area contributed by atoms with Gasteiger partial charge in [-0.25, -0.2) is 4.79 Å². The Balaban J connectivity index is 1.92.